The third kappa shape index (κ3) is 2.51. The number of allylic oxidation sites excluding steroid dienone is 1. The van der Waals surface area contributed by atoms with Gasteiger partial charge in [0.05, 0.1) is 0 Å². The second kappa shape index (κ2) is 5.55. The number of dihydropyridines is 1. The number of hydrogen-bond acceptors (Lipinski definition) is 4. The molecule has 0 saturated heterocycles. The number of nitrogens with zero attached hydrogens (tertiary/aromatic N) is 3. The van der Waals surface area contributed by atoms with Crippen molar-refractivity contribution in [3.05, 3.63) is 58.8 Å². The van der Waals surface area contributed by atoms with Gasteiger partial charge >= 0.3 is 0 Å². The first kappa shape index (κ1) is 14.0. The van der Waals surface area contributed by atoms with E-state index in [-0.39, 0.29) is 5.91 Å². The first-order chi connectivity index (χ1) is 11.2. The van der Waals surface area contributed by atoms with E-state index in [1.807, 2.05) is 36.4 Å². The van der Waals surface area contributed by atoms with Gasteiger partial charge in [0.1, 0.15) is 5.92 Å². The van der Waals surface area contributed by atoms with Gasteiger partial charge in [-0.05, 0) is 35.0 Å². The second-order valence-electron chi connectivity index (χ2n) is 5.11. The molecule has 1 atom stereocenters. The van der Waals surface area contributed by atoms with Crippen LogP contribution in [0.5, 0.6) is 0 Å². The first-order valence-electron chi connectivity index (χ1n) is 6.99. The van der Waals surface area contributed by atoms with Gasteiger partial charge in [-0.2, -0.15) is 4.98 Å². The molecule has 2 heterocycles. The Labute approximate surface area is 139 Å². The quantitative estimate of drug-likeness (QED) is 0.688. The molecule has 0 bridgehead atoms. The fraction of sp³-hybridized carbons (Fsp3) is 0.0588. The summed E-state index contributed by atoms with van der Waals surface area (Å²) in [5.41, 5.74) is 0.805. The van der Waals surface area contributed by atoms with Crippen molar-refractivity contribution >= 4 is 38.8 Å². The Morgan fingerprint density at radius 1 is 1.17 bits per heavy atom. The molecular weight excluding hydrogens is 358 g/mol. The molecule has 1 aliphatic rings. The van der Waals surface area contributed by atoms with Crippen molar-refractivity contribution in [1.29, 1.82) is 0 Å². The first-order valence-corrected chi connectivity index (χ1v) is 7.78. The van der Waals surface area contributed by atoms with Crippen LogP contribution < -0.4 is 0 Å². The van der Waals surface area contributed by atoms with Gasteiger partial charge in [0.2, 0.25) is 0 Å². The molecule has 0 fully saturated rings. The van der Waals surface area contributed by atoms with Crippen LogP contribution in [0.2, 0.25) is 0 Å². The molecule has 1 aromatic heterocycles. The smallest absolute Gasteiger partial charge is 0.260 e. The highest BCUT2D eigenvalue weighted by molar-refractivity contribution is 9.10. The van der Waals surface area contributed by atoms with Crippen molar-refractivity contribution in [3.8, 4) is 11.5 Å². The number of carbonyl (C=O) groups excluding carboxylic acids is 1. The van der Waals surface area contributed by atoms with Crippen LogP contribution in [0.25, 0.3) is 22.2 Å². The maximum absolute atomic E-state index is 11.8. The predicted octanol–water partition coefficient (Wildman–Crippen LogP) is 3.90. The van der Waals surface area contributed by atoms with Gasteiger partial charge in [-0.15, -0.1) is 0 Å². The number of aliphatic imine (C=N–C) groups is 1. The van der Waals surface area contributed by atoms with E-state index in [1.54, 1.807) is 12.2 Å². The standard InChI is InChI=1S/C17H10BrN3O2/c18-14-5-1-3-10-6-7-11(9-13(10)14)17-20-15(21-23-17)12-4-2-8-19-16(12)22/h1-9,12H. The molecule has 3 aromatic rings. The topological polar surface area (TPSA) is 68.3 Å². The fourth-order valence-corrected chi connectivity index (χ4v) is 2.98. The lowest BCUT2D eigenvalue weighted by atomic mass is 10.1. The van der Waals surface area contributed by atoms with Gasteiger partial charge < -0.3 is 4.52 Å². The number of carbonyl (C=O) groups is 1. The van der Waals surface area contributed by atoms with Crippen molar-refractivity contribution in [2.45, 2.75) is 5.92 Å². The summed E-state index contributed by atoms with van der Waals surface area (Å²) in [7, 11) is 0. The summed E-state index contributed by atoms with van der Waals surface area (Å²) in [6.45, 7) is 0. The number of aromatic nitrogens is 2. The van der Waals surface area contributed by atoms with E-state index < -0.39 is 5.92 Å². The molecule has 4 rings (SSSR count). The van der Waals surface area contributed by atoms with E-state index in [0.717, 1.165) is 20.8 Å². The van der Waals surface area contributed by atoms with E-state index >= 15 is 0 Å². The van der Waals surface area contributed by atoms with Gasteiger partial charge in [0.15, 0.2) is 5.82 Å². The van der Waals surface area contributed by atoms with Crippen molar-refractivity contribution in [1.82, 2.24) is 10.1 Å². The maximum Gasteiger partial charge on any atom is 0.260 e. The highest BCUT2D eigenvalue weighted by Crippen LogP contribution is 2.29. The van der Waals surface area contributed by atoms with Gasteiger partial charge in [-0.1, -0.05) is 45.4 Å². The van der Waals surface area contributed by atoms with Crippen molar-refractivity contribution in [3.63, 3.8) is 0 Å². The average Bonchev–Trinajstić information content (AvgIpc) is 3.05. The zero-order chi connectivity index (χ0) is 15.8. The van der Waals surface area contributed by atoms with Gasteiger partial charge in [0, 0.05) is 16.3 Å². The molecule has 0 saturated carbocycles. The zero-order valence-corrected chi connectivity index (χ0v) is 13.4. The van der Waals surface area contributed by atoms with Gasteiger partial charge in [-0.3, -0.25) is 4.79 Å². The number of amides is 1. The number of hydrogen-bond donors (Lipinski definition) is 0. The van der Waals surface area contributed by atoms with Gasteiger partial charge in [-0.25, -0.2) is 4.99 Å². The number of benzene rings is 2. The number of halogens is 1. The lowest BCUT2D eigenvalue weighted by molar-refractivity contribution is -0.118. The lowest BCUT2D eigenvalue weighted by Crippen LogP contribution is -2.12. The van der Waals surface area contributed by atoms with Gasteiger partial charge in [0.25, 0.3) is 11.8 Å². The Hall–Kier alpha value is -2.60. The summed E-state index contributed by atoms with van der Waals surface area (Å²) in [6, 6.07) is 11.9. The third-order valence-electron chi connectivity index (χ3n) is 3.65. The Kier molecular flexibility index (Phi) is 3.38. The summed E-state index contributed by atoms with van der Waals surface area (Å²) in [5, 5.41) is 6.10. The Bertz CT molecular complexity index is 975. The summed E-state index contributed by atoms with van der Waals surface area (Å²) in [6.07, 6.45) is 4.87. The molecule has 0 spiro atoms. The Morgan fingerprint density at radius 3 is 2.96 bits per heavy atom. The zero-order valence-electron chi connectivity index (χ0n) is 11.8. The monoisotopic (exact) mass is 367 g/mol. The van der Waals surface area contributed by atoms with Crippen molar-refractivity contribution in [2.75, 3.05) is 0 Å². The molecule has 112 valence electrons. The molecule has 0 N–H and O–H groups in total. The van der Waals surface area contributed by atoms with Crippen LogP contribution in [-0.2, 0) is 4.79 Å². The number of rotatable bonds is 2. The summed E-state index contributed by atoms with van der Waals surface area (Å²) in [5.74, 6) is -0.162. The molecule has 0 radical (unpaired) electrons. The highest BCUT2D eigenvalue weighted by atomic mass is 79.9. The van der Waals surface area contributed by atoms with Crippen LogP contribution in [0, 0.1) is 0 Å². The maximum atomic E-state index is 11.8. The van der Waals surface area contributed by atoms with E-state index in [2.05, 4.69) is 31.1 Å². The minimum absolute atomic E-state index is 0.291. The van der Waals surface area contributed by atoms with Crippen LogP contribution >= 0.6 is 15.9 Å². The van der Waals surface area contributed by atoms with Crippen molar-refractivity contribution in [2.24, 2.45) is 4.99 Å². The molecule has 1 amide bonds. The van der Waals surface area contributed by atoms with E-state index in [9.17, 15) is 4.79 Å². The minimum Gasteiger partial charge on any atom is -0.334 e. The summed E-state index contributed by atoms with van der Waals surface area (Å²) < 4.78 is 6.32. The van der Waals surface area contributed by atoms with E-state index in [1.165, 1.54) is 6.21 Å². The summed E-state index contributed by atoms with van der Waals surface area (Å²) in [4.78, 5) is 19.9. The predicted molar refractivity (Wildman–Crippen MR) is 90.3 cm³/mol. The Balaban J connectivity index is 1.74. The van der Waals surface area contributed by atoms with Crippen LogP contribution in [0.4, 0.5) is 0 Å². The molecule has 6 heteroatoms. The molecule has 2 aromatic carbocycles. The molecule has 1 aliphatic heterocycles. The molecular formula is C17H10BrN3O2. The number of fused-ring (bicyclic) bond motifs is 1. The van der Waals surface area contributed by atoms with Crippen LogP contribution in [0.1, 0.15) is 11.7 Å². The Morgan fingerprint density at radius 2 is 2.09 bits per heavy atom. The summed E-state index contributed by atoms with van der Waals surface area (Å²) >= 11 is 3.54. The van der Waals surface area contributed by atoms with E-state index in [4.69, 9.17) is 4.52 Å². The normalized spacial score (nSPS) is 17.1. The largest absolute Gasteiger partial charge is 0.334 e. The fourth-order valence-electron chi connectivity index (χ4n) is 2.48. The molecule has 5 nitrogen and oxygen atoms in total. The second-order valence-corrected chi connectivity index (χ2v) is 5.97. The van der Waals surface area contributed by atoms with Crippen LogP contribution in [0.15, 0.2) is 62.5 Å². The third-order valence-corrected chi connectivity index (χ3v) is 4.34. The van der Waals surface area contributed by atoms with Crippen LogP contribution in [-0.4, -0.2) is 22.3 Å². The van der Waals surface area contributed by atoms with E-state index in [0.29, 0.717) is 11.7 Å². The van der Waals surface area contributed by atoms with Crippen molar-refractivity contribution < 1.29 is 9.32 Å². The molecule has 0 aliphatic carbocycles. The molecule has 23 heavy (non-hydrogen) atoms. The highest BCUT2D eigenvalue weighted by Gasteiger charge is 2.24. The average molecular weight is 368 g/mol. The minimum atomic E-state index is -0.579. The SMILES string of the molecule is O=C1N=CC=CC1c1noc(-c2ccc3cccc(Br)c3c2)n1. The molecule has 1 unspecified atom stereocenters. The van der Waals surface area contributed by atoms with Crippen LogP contribution in [0.3, 0.4) is 0 Å². The lowest BCUT2D eigenvalue weighted by Gasteiger charge is -2.04.